The van der Waals surface area contributed by atoms with E-state index in [0.717, 1.165) is 5.56 Å². The molecule has 0 unspecified atom stereocenters. The highest BCUT2D eigenvalue weighted by Crippen LogP contribution is 2.29. The van der Waals surface area contributed by atoms with Gasteiger partial charge in [0.2, 0.25) is 0 Å². The quantitative estimate of drug-likeness (QED) is 0.774. The molecule has 2 atom stereocenters. The third-order valence-electron chi connectivity index (χ3n) is 2.54. The van der Waals surface area contributed by atoms with E-state index in [1.54, 1.807) is 0 Å². The fraction of sp³-hybridized carbons (Fsp3) is 0.364. The molecule has 1 fully saturated rings. The summed E-state index contributed by atoms with van der Waals surface area (Å²) in [7, 11) is 0. The van der Waals surface area contributed by atoms with Gasteiger partial charge in [0.1, 0.15) is 0 Å². The minimum absolute atomic E-state index is 0.234. The standard InChI is InChI=1S/C11H12O3/c12-11(13)10-6-9(7-14-10)8-4-2-1-3-5-8/h1-5,9-10H,6-7H2,(H,12,13)/t9-,10+/m0/s1. The van der Waals surface area contributed by atoms with Crippen LogP contribution < -0.4 is 0 Å². The maximum atomic E-state index is 10.7. The predicted molar refractivity (Wildman–Crippen MR) is 51.2 cm³/mol. The average Bonchev–Trinajstić information content (AvgIpc) is 2.68. The Balaban J connectivity index is 2.06. The second-order valence-electron chi connectivity index (χ2n) is 3.50. The number of ether oxygens (including phenoxy) is 1. The molecular formula is C11H12O3. The molecule has 1 saturated heterocycles. The lowest BCUT2D eigenvalue weighted by Gasteiger charge is -2.06. The lowest BCUT2D eigenvalue weighted by molar-refractivity contribution is -0.147. The molecule has 0 saturated carbocycles. The Morgan fingerprint density at radius 2 is 2.07 bits per heavy atom. The third-order valence-corrected chi connectivity index (χ3v) is 2.54. The molecule has 1 aromatic carbocycles. The second-order valence-corrected chi connectivity index (χ2v) is 3.50. The van der Waals surface area contributed by atoms with E-state index < -0.39 is 12.1 Å². The summed E-state index contributed by atoms with van der Waals surface area (Å²) in [5, 5.41) is 8.75. The van der Waals surface area contributed by atoms with Crippen molar-refractivity contribution in [1.82, 2.24) is 0 Å². The van der Waals surface area contributed by atoms with Gasteiger partial charge < -0.3 is 9.84 Å². The lowest BCUT2D eigenvalue weighted by atomic mass is 9.96. The van der Waals surface area contributed by atoms with Crippen LogP contribution in [0.3, 0.4) is 0 Å². The summed E-state index contributed by atoms with van der Waals surface area (Å²) in [4.78, 5) is 10.7. The van der Waals surface area contributed by atoms with Crippen molar-refractivity contribution in [2.75, 3.05) is 6.61 Å². The Morgan fingerprint density at radius 3 is 2.64 bits per heavy atom. The lowest BCUT2D eigenvalue weighted by Crippen LogP contribution is -2.17. The van der Waals surface area contributed by atoms with E-state index in [1.807, 2.05) is 30.3 Å². The van der Waals surface area contributed by atoms with Crippen molar-refractivity contribution in [2.24, 2.45) is 0 Å². The van der Waals surface area contributed by atoms with Crippen LogP contribution in [0.1, 0.15) is 17.9 Å². The van der Waals surface area contributed by atoms with Gasteiger partial charge in [-0.15, -0.1) is 0 Å². The number of benzene rings is 1. The molecule has 1 aliphatic rings. The molecule has 74 valence electrons. The first-order valence-corrected chi connectivity index (χ1v) is 4.66. The van der Waals surface area contributed by atoms with Crippen molar-refractivity contribution in [1.29, 1.82) is 0 Å². The van der Waals surface area contributed by atoms with Gasteiger partial charge >= 0.3 is 5.97 Å². The zero-order chi connectivity index (χ0) is 9.97. The Hall–Kier alpha value is -1.35. The summed E-state index contributed by atoms with van der Waals surface area (Å²) in [6.45, 7) is 0.515. The van der Waals surface area contributed by atoms with E-state index in [9.17, 15) is 4.79 Å². The maximum Gasteiger partial charge on any atom is 0.332 e. The molecule has 0 bridgehead atoms. The molecule has 0 radical (unpaired) electrons. The van der Waals surface area contributed by atoms with Crippen LogP contribution in [0.4, 0.5) is 0 Å². The molecule has 1 aromatic rings. The molecule has 3 nitrogen and oxygen atoms in total. The maximum absolute atomic E-state index is 10.7. The van der Waals surface area contributed by atoms with E-state index in [4.69, 9.17) is 9.84 Å². The number of carboxylic acid groups (broad SMARTS) is 1. The van der Waals surface area contributed by atoms with Gasteiger partial charge in [-0.1, -0.05) is 30.3 Å². The van der Waals surface area contributed by atoms with Crippen LogP contribution in [0.5, 0.6) is 0 Å². The number of carboxylic acids is 1. The van der Waals surface area contributed by atoms with Gasteiger partial charge in [-0.25, -0.2) is 4.79 Å². The van der Waals surface area contributed by atoms with Crippen LogP contribution in [0, 0.1) is 0 Å². The van der Waals surface area contributed by atoms with E-state index >= 15 is 0 Å². The zero-order valence-electron chi connectivity index (χ0n) is 7.72. The summed E-state index contributed by atoms with van der Waals surface area (Å²) < 4.78 is 5.18. The normalized spacial score (nSPS) is 26.3. The number of rotatable bonds is 2. The number of hydrogen-bond acceptors (Lipinski definition) is 2. The van der Waals surface area contributed by atoms with Crippen molar-refractivity contribution in [3.8, 4) is 0 Å². The largest absolute Gasteiger partial charge is 0.479 e. The molecule has 0 aliphatic carbocycles. The fourth-order valence-corrected chi connectivity index (χ4v) is 1.76. The van der Waals surface area contributed by atoms with E-state index in [1.165, 1.54) is 0 Å². The van der Waals surface area contributed by atoms with Crippen molar-refractivity contribution in [3.63, 3.8) is 0 Å². The van der Waals surface area contributed by atoms with Crippen LogP contribution in [0.15, 0.2) is 30.3 Å². The molecule has 0 spiro atoms. The minimum Gasteiger partial charge on any atom is -0.479 e. The van der Waals surface area contributed by atoms with Crippen molar-refractivity contribution in [3.05, 3.63) is 35.9 Å². The topological polar surface area (TPSA) is 46.5 Å². The van der Waals surface area contributed by atoms with Gasteiger partial charge in [-0.3, -0.25) is 0 Å². The summed E-state index contributed by atoms with van der Waals surface area (Å²) in [5.41, 5.74) is 1.16. The first-order chi connectivity index (χ1) is 6.77. The van der Waals surface area contributed by atoms with E-state index in [2.05, 4.69) is 0 Å². The Bertz CT molecular complexity index is 321. The fourth-order valence-electron chi connectivity index (χ4n) is 1.76. The van der Waals surface area contributed by atoms with Gasteiger partial charge in [0.15, 0.2) is 6.10 Å². The third kappa shape index (κ3) is 1.77. The molecule has 0 amide bonds. The van der Waals surface area contributed by atoms with Gasteiger partial charge in [-0.2, -0.15) is 0 Å². The average molecular weight is 192 g/mol. The van der Waals surface area contributed by atoms with Crippen LogP contribution >= 0.6 is 0 Å². The Labute approximate surface area is 82.3 Å². The van der Waals surface area contributed by atoms with Crippen molar-refractivity contribution < 1.29 is 14.6 Å². The molecule has 0 aromatic heterocycles. The predicted octanol–water partition coefficient (Wildman–Crippen LogP) is 1.64. The molecule has 3 heteroatoms. The molecule has 1 aliphatic heterocycles. The Morgan fingerprint density at radius 1 is 1.36 bits per heavy atom. The molecule has 2 rings (SSSR count). The number of carbonyl (C=O) groups is 1. The van der Waals surface area contributed by atoms with Crippen LogP contribution in [-0.2, 0) is 9.53 Å². The first kappa shape index (κ1) is 9.21. The van der Waals surface area contributed by atoms with Gasteiger partial charge in [0.05, 0.1) is 6.61 Å². The van der Waals surface area contributed by atoms with Crippen LogP contribution in [0.2, 0.25) is 0 Å². The van der Waals surface area contributed by atoms with Gasteiger partial charge in [-0.05, 0) is 12.0 Å². The summed E-state index contributed by atoms with van der Waals surface area (Å²) in [6.07, 6.45) is -0.0421. The van der Waals surface area contributed by atoms with Crippen molar-refractivity contribution >= 4 is 5.97 Å². The van der Waals surface area contributed by atoms with Gasteiger partial charge in [0, 0.05) is 5.92 Å². The molecule has 1 N–H and O–H groups in total. The highest BCUT2D eigenvalue weighted by atomic mass is 16.5. The smallest absolute Gasteiger partial charge is 0.332 e. The van der Waals surface area contributed by atoms with E-state index in [-0.39, 0.29) is 5.92 Å². The second kappa shape index (κ2) is 3.80. The zero-order valence-corrected chi connectivity index (χ0v) is 7.72. The monoisotopic (exact) mass is 192 g/mol. The molecular weight excluding hydrogens is 180 g/mol. The van der Waals surface area contributed by atoms with Crippen LogP contribution in [-0.4, -0.2) is 23.8 Å². The SMILES string of the molecule is O=C(O)[C@H]1C[C@H](c2ccccc2)CO1. The first-order valence-electron chi connectivity index (χ1n) is 4.66. The van der Waals surface area contributed by atoms with Crippen LogP contribution in [0.25, 0.3) is 0 Å². The summed E-state index contributed by atoms with van der Waals surface area (Å²) >= 11 is 0. The highest BCUT2D eigenvalue weighted by molar-refractivity contribution is 5.72. The number of hydrogen-bond donors (Lipinski definition) is 1. The van der Waals surface area contributed by atoms with E-state index in [0.29, 0.717) is 13.0 Å². The highest BCUT2D eigenvalue weighted by Gasteiger charge is 2.31. The molecule has 14 heavy (non-hydrogen) atoms. The summed E-state index contributed by atoms with van der Waals surface area (Å²) in [6, 6.07) is 9.90. The van der Waals surface area contributed by atoms with Crippen molar-refractivity contribution in [2.45, 2.75) is 18.4 Å². The Kier molecular flexibility index (Phi) is 2.50. The summed E-state index contributed by atoms with van der Waals surface area (Å²) in [5.74, 6) is -0.624. The number of aliphatic carboxylic acids is 1. The minimum atomic E-state index is -0.858. The molecule has 1 heterocycles. The van der Waals surface area contributed by atoms with Gasteiger partial charge in [0.25, 0.3) is 0 Å².